The van der Waals surface area contributed by atoms with E-state index in [0.717, 1.165) is 22.3 Å². The lowest BCUT2D eigenvalue weighted by Gasteiger charge is -2.25. The molecule has 1 saturated heterocycles. The number of ether oxygens (including phenoxy) is 1. The van der Waals surface area contributed by atoms with Crippen LogP contribution < -0.4 is 5.32 Å². The van der Waals surface area contributed by atoms with Crippen LogP contribution in [0.2, 0.25) is 0 Å². The number of carbonyl (C=O) groups excluding carboxylic acids is 2. The Bertz CT molecular complexity index is 991. The molecule has 2 aromatic rings. The van der Waals surface area contributed by atoms with Gasteiger partial charge in [0.15, 0.2) is 0 Å². The number of aliphatic carboxylic acids is 1. The van der Waals surface area contributed by atoms with Crippen LogP contribution in [-0.2, 0) is 14.3 Å². The predicted octanol–water partition coefficient (Wildman–Crippen LogP) is 3.63. The molecule has 0 spiro atoms. The van der Waals surface area contributed by atoms with Crippen molar-refractivity contribution in [3.8, 4) is 11.1 Å². The van der Waals surface area contributed by atoms with Crippen LogP contribution in [0.15, 0.2) is 48.5 Å². The highest BCUT2D eigenvalue weighted by Gasteiger charge is 2.39. The Morgan fingerprint density at radius 3 is 2.28 bits per heavy atom. The van der Waals surface area contributed by atoms with E-state index in [1.165, 1.54) is 4.90 Å². The van der Waals surface area contributed by atoms with Gasteiger partial charge in [-0.3, -0.25) is 4.79 Å². The average Bonchev–Trinajstić information content (AvgIpc) is 3.30. The SMILES string of the molecule is CC(CC(=O)N1CCC(C)C1C(=O)O)NC(=O)OCC1c2ccccc2-c2ccccc21. The summed E-state index contributed by atoms with van der Waals surface area (Å²) < 4.78 is 5.52. The highest BCUT2D eigenvalue weighted by molar-refractivity contribution is 5.85. The number of carboxylic acid groups (broad SMARTS) is 1. The summed E-state index contributed by atoms with van der Waals surface area (Å²) >= 11 is 0. The van der Waals surface area contributed by atoms with Crippen molar-refractivity contribution in [2.24, 2.45) is 5.92 Å². The van der Waals surface area contributed by atoms with Crippen molar-refractivity contribution in [1.82, 2.24) is 10.2 Å². The Morgan fingerprint density at radius 1 is 1.09 bits per heavy atom. The monoisotopic (exact) mass is 436 g/mol. The van der Waals surface area contributed by atoms with Gasteiger partial charge in [-0.05, 0) is 41.5 Å². The van der Waals surface area contributed by atoms with Crippen molar-refractivity contribution in [3.63, 3.8) is 0 Å². The summed E-state index contributed by atoms with van der Waals surface area (Å²) in [6, 6.07) is 15.0. The van der Waals surface area contributed by atoms with Crippen LogP contribution in [0.25, 0.3) is 11.1 Å². The fraction of sp³-hybridized carbons (Fsp3) is 0.400. The zero-order valence-electron chi connectivity index (χ0n) is 18.3. The van der Waals surface area contributed by atoms with Crippen LogP contribution in [0.5, 0.6) is 0 Å². The molecule has 7 nitrogen and oxygen atoms in total. The van der Waals surface area contributed by atoms with Gasteiger partial charge in [-0.25, -0.2) is 9.59 Å². The number of carbonyl (C=O) groups is 3. The number of amides is 2. The topological polar surface area (TPSA) is 95.9 Å². The lowest BCUT2D eigenvalue weighted by atomic mass is 9.98. The van der Waals surface area contributed by atoms with E-state index in [4.69, 9.17) is 4.74 Å². The average molecular weight is 437 g/mol. The van der Waals surface area contributed by atoms with Crippen molar-refractivity contribution in [3.05, 3.63) is 59.7 Å². The van der Waals surface area contributed by atoms with Crippen LogP contribution in [0.3, 0.4) is 0 Å². The molecule has 1 heterocycles. The highest BCUT2D eigenvalue weighted by Crippen LogP contribution is 2.44. The number of hydrogen-bond acceptors (Lipinski definition) is 4. The summed E-state index contributed by atoms with van der Waals surface area (Å²) in [5.74, 6) is -1.37. The molecule has 0 bridgehead atoms. The summed E-state index contributed by atoms with van der Waals surface area (Å²) in [7, 11) is 0. The molecule has 1 fully saturated rings. The van der Waals surface area contributed by atoms with Gasteiger partial charge < -0.3 is 20.1 Å². The van der Waals surface area contributed by atoms with Crippen LogP contribution in [-0.4, -0.2) is 53.2 Å². The molecular weight excluding hydrogens is 408 g/mol. The van der Waals surface area contributed by atoms with Gasteiger partial charge in [0.2, 0.25) is 5.91 Å². The molecule has 0 aromatic heterocycles. The van der Waals surface area contributed by atoms with Crippen molar-refractivity contribution < 1.29 is 24.2 Å². The summed E-state index contributed by atoms with van der Waals surface area (Å²) in [5, 5.41) is 12.1. The van der Waals surface area contributed by atoms with Crippen molar-refractivity contribution >= 4 is 18.0 Å². The third-order valence-electron chi connectivity index (χ3n) is 6.46. The first kappa shape index (κ1) is 21.9. The summed E-state index contributed by atoms with van der Waals surface area (Å²) in [6.07, 6.45) is 0.106. The molecule has 7 heteroatoms. The van der Waals surface area contributed by atoms with Gasteiger partial charge in [0.05, 0.1) is 0 Å². The van der Waals surface area contributed by atoms with E-state index >= 15 is 0 Å². The number of carboxylic acids is 1. The lowest BCUT2D eigenvalue weighted by molar-refractivity contribution is -0.149. The first-order valence-corrected chi connectivity index (χ1v) is 11.0. The number of rotatable bonds is 6. The molecule has 2 N–H and O–H groups in total. The zero-order valence-corrected chi connectivity index (χ0v) is 18.3. The van der Waals surface area contributed by atoms with E-state index in [-0.39, 0.29) is 30.8 Å². The third kappa shape index (κ3) is 4.20. The van der Waals surface area contributed by atoms with Gasteiger partial charge in [-0.1, -0.05) is 55.5 Å². The molecule has 1 aliphatic carbocycles. The molecule has 1 aliphatic heterocycles. The molecule has 2 amide bonds. The highest BCUT2D eigenvalue weighted by atomic mass is 16.5. The number of hydrogen-bond donors (Lipinski definition) is 2. The van der Waals surface area contributed by atoms with Gasteiger partial charge in [0.1, 0.15) is 12.6 Å². The Hall–Kier alpha value is -3.35. The van der Waals surface area contributed by atoms with Gasteiger partial charge in [-0.2, -0.15) is 0 Å². The largest absolute Gasteiger partial charge is 0.480 e. The van der Waals surface area contributed by atoms with Crippen LogP contribution in [0, 0.1) is 5.92 Å². The molecule has 4 rings (SSSR count). The number of nitrogens with one attached hydrogen (secondary N) is 1. The molecule has 0 saturated carbocycles. The lowest BCUT2D eigenvalue weighted by Crippen LogP contribution is -2.45. The van der Waals surface area contributed by atoms with Crippen molar-refractivity contribution in [2.75, 3.05) is 13.2 Å². The number of benzene rings is 2. The molecule has 3 atom stereocenters. The summed E-state index contributed by atoms with van der Waals surface area (Å²) in [6.45, 7) is 4.18. The summed E-state index contributed by atoms with van der Waals surface area (Å²) in [4.78, 5) is 37.9. The van der Waals surface area contributed by atoms with E-state index in [2.05, 4.69) is 29.6 Å². The normalized spacial score (nSPS) is 20.4. The third-order valence-corrected chi connectivity index (χ3v) is 6.46. The quantitative estimate of drug-likeness (QED) is 0.721. The van der Waals surface area contributed by atoms with Crippen LogP contribution in [0.4, 0.5) is 4.79 Å². The van der Waals surface area contributed by atoms with Gasteiger partial charge in [0, 0.05) is 24.9 Å². The molecule has 2 aromatic carbocycles. The fourth-order valence-electron chi connectivity index (χ4n) is 4.87. The molecule has 168 valence electrons. The molecule has 0 radical (unpaired) electrons. The Balaban J connectivity index is 1.33. The Morgan fingerprint density at radius 2 is 1.69 bits per heavy atom. The number of likely N-dealkylation sites (tertiary alicyclic amines) is 1. The number of nitrogens with zero attached hydrogens (tertiary/aromatic N) is 1. The minimum Gasteiger partial charge on any atom is -0.480 e. The van der Waals surface area contributed by atoms with E-state index in [1.54, 1.807) is 6.92 Å². The van der Waals surface area contributed by atoms with E-state index < -0.39 is 24.1 Å². The number of fused-ring (bicyclic) bond motifs is 3. The van der Waals surface area contributed by atoms with E-state index in [0.29, 0.717) is 13.0 Å². The fourth-order valence-corrected chi connectivity index (χ4v) is 4.87. The van der Waals surface area contributed by atoms with E-state index in [1.807, 2.05) is 31.2 Å². The molecule has 2 aliphatic rings. The van der Waals surface area contributed by atoms with Crippen LogP contribution in [0.1, 0.15) is 43.7 Å². The minimum absolute atomic E-state index is 0.0285. The maximum absolute atomic E-state index is 12.6. The van der Waals surface area contributed by atoms with Gasteiger partial charge in [-0.15, -0.1) is 0 Å². The predicted molar refractivity (Wildman–Crippen MR) is 119 cm³/mol. The van der Waals surface area contributed by atoms with Crippen molar-refractivity contribution in [2.45, 2.75) is 44.7 Å². The van der Waals surface area contributed by atoms with E-state index in [9.17, 15) is 19.5 Å². The molecule has 32 heavy (non-hydrogen) atoms. The first-order valence-electron chi connectivity index (χ1n) is 11.0. The standard InChI is InChI=1S/C25H28N2O5/c1-15-11-12-27(23(15)24(29)30)22(28)13-16(2)26-25(31)32-14-21-19-9-5-3-7-17(19)18-8-4-6-10-20(18)21/h3-10,15-16,21,23H,11-14H2,1-2H3,(H,26,31)(H,29,30). The number of alkyl carbamates (subject to hydrolysis) is 1. The molecule has 3 unspecified atom stereocenters. The second-order valence-corrected chi connectivity index (χ2v) is 8.71. The Kier molecular flexibility index (Phi) is 6.17. The molecular formula is C25H28N2O5. The van der Waals surface area contributed by atoms with Crippen molar-refractivity contribution in [1.29, 1.82) is 0 Å². The maximum atomic E-state index is 12.6. The first-order chi connectivity index (χ1) is 15.4. The van der Waals surface area contributed by atoms with Gasteiger partial charge in [0.25, 0.3) is 0 Å². The van der Waals surface area contributed by atoms with Gasteiger partial charge >= 0.3 is 12.1 Å². The zero-order chi connectivity index (χ0) is 22.8. The Labute approximate surface area is 187 Å². The van der Waals surface area contributed by atoms with Crippen LogP contribution >= 0.6 is 0 Å². The minimum atomic E-state index is -0.986. The maximum Gasteiger partial charge on any atom is 0.407 e. The summed E-state index contributed by atoms with van der Waals surface area (Å²) in [5.41, 5.74) is 4.58. The second-order valence-electron chi connectivity index (χ2n) is 8.71. The smallest absolute Gasteiger partial charge is 0.407 e. The second kappa shape index (κ2) is 9.02.